The first-order valence-corrected chi connectivity index (χ1v) is 10.6. The number of nitrogens with one attached hydrogen (secondary N) is 1. The van der Waals surface area contributed by atoms with E-state index >= 15 is 0 Å². The lowest BCUT2D eigenvalue weighted by atomic mass is 10.1. The maximum absolute atomic E-state index is 13.1. The molecule has 0 aliphatic carbocycles. The van der Waals surface area contributed by atoms with E-state index in [0.717, 1.165) is 5.56 Å². The number of nitrogens with zero attached hydrogens (tertiary/aromatic N) is 2. The Morgan fingerprint density at radius 1 is 1.06 bits per heavy atom. The van der Waals surface area contributed by atoms with E-state index in [1.165, 1.54) is 30.2 Å². The first-order valence-electron chi connectivity index (χ1n) is 10.6. The molecule has 2 rings (SSSR count). The van der Waals surface area contributed by atoms with Crippen LogP contribution in [0.5, 0.6) is 17.2 Å². The summed E-state index contributed by atoms with van der Waals surface area (Å²) in [6, 6.07) is 10.4. The molecule has 0 saturated heterocycles. The molecule has 1 unspecified atom stereocenters. The molecule has 0 saturated carbocycles. The van der Waals surface area contributed by atoms with Gasteiger partial charge in [0.25, 0.3) is 5.91 Å². The zero-order valence-electron chi connectivity index (χ0n) is 20.3. The van der Waals surface area contributed by atoms with Gasteiger partial charge in [0.15, 0.2) is 6.61 Å². The van der Waals surface area contributed by atoms with Crippen LogP contribution in [-0.2, 0) is 16.1 Å². The van der Waals surface area contributed by atoms with Gasteiger partial charge in [-0.05, 0) is 51.5 Å². The van der Waals surface area contributed by atoms with Crippen molar-refractivity contribution in [2.75, 3.05) is 20.8 Å². The van der Waals surface area contributed by atoms with E-state index in [-0.39, 0.29) is 36.2 Å². The average Bonchev–Trinajstić information content (AvgIpc) is 2.79. The van der Waals surface area contributed by atoms with Crippen LogP contribution < -0.4 is 19.5 Å². The molecule has 1 atom stereocenters. The highest BCUT2D eigenvalue weighted by Crippen LogP contribution is 2.30. The monoisotopic (exact) mass is 473 g/mol. The van der Waals surface area contributed by atoms with Gasteiger partial charge in [0.05, 0.1) is 19.1 Å². The lowest BCUT2D eigenvalue weighted by Gasteiger charge is -2.31. The minimum atomic E-state index is -0.774. The Morgan fingerprint density at radius 2 is 1.68 bits per heavy atom. The maximum Gasteiger partial charge on any atom is 0.311 e. The summed E-state index contributed by atoms with van der Waals surface area (Å²) in [6.07, 6.45) is 0. The molecular weight excluding hydrogens is 442 g/mol. The standard InChI is InChI=1S/C24H31N3O7/c1-16(23(29)25-24(2,3)4)26(14-17-7-9-18(32-5)10-8-17)22(28)15-34-19-11-12-20(27(30)31)21(13-19)33-6/h7-13,16H,14-15H2,1-6H3,(H,25,29). The second-order valence-electron chi connectivity index (χ2n) is 8.66. The molecule has 10 nitrogen and oxygen atoms in total. The third-order valence-electron chi connectivity index (χ3n) is 4.89. The van der Waals surface area contributed by atoms with Gasteiger partial charge in [0.1, 0.15) is 17.5 Å². The number of hydrogen-bond donors (Lipinski definition) is 1. The Morgan fingerprint density at radius 3 is 2.21 bits per heavy atom. The van der Waals surface area contributed by atoms with Crippen molar-refractivity contribution in [3.63, 3.8) is 0 Å². The van der Waals surface area contributed by atoms with Gasteiger partial charge in [-0.1, -0.05) is 12.1 Å². The van der Waals surface area contributed by atoms with Crippen molar-refractivity contribution in [1.29, 1.82) is 0 Å². The van der Waals surface area contributed by atoms with Crippen molar-refractivity contribution >= 4 is 17.5 Å². The fraction of sp³-hybridized carbons (Fsp3) is 0.417. The second-order valence-corrected chi connectivity index (χ2v) is 8.66. The topological polar surface area (TPSA) is 120 Å². The molecule has 10 heteroatoms. The molecule has 0 bridgehead atoms. The molecule has 0 aliphatic heterocycles. The number of carbonyl (C=O) groups excluding carboxylic acids is 2. The Hall–Kier alpha value is -3.82. The van der Waals surface area contributed by atoms with Crippen LogP contribution in [-0.4, -0.2) is 54.0 Å². The Labute approximate surface area is 198 Å². The molecule has 0 heterocycles. The summed E-state index contributed by atoms with van der Waals surface area (Å²) in [5.74, 6) is 0.196. The van der Waals surface area contributed by atoms with Crippen LogP contribution in [0.1, 0.15) is 33.3 Å². The lowest BCUT2D eigenvalue weighted by Crippen LogP contribution is -2.53. The SMILES string of the molecule is COc1ccc(CN(C(=O)COc2ccc([N+](=O)[O-])c(OC)c2)C(C)C(=O)NC(C)(C)C)cc1. The normalized spacial score (nSPS) is 11.8. The molecule has 0 aliphatic rings. The van der Waals surface area contributed by atoms with Crippen LogP contribution in [0.15, 0.2) is 42.5 Å². The number of benzene rings is 2. The smallest absolute Gasteiger partial charge is 0.311 e. The number of hydrogen-bond acceptors (Lipinski definition) is 7. The number of rotatable bonds is 10. The van der Waals surface area contributed by atoms with Gasteiger partial charge in [0.2, 0.25) is 11.7 Å². The van der Waals surface area contributed by atoms with Gasteiger partial charge >= 0.3 is 5.69 Å². The van der Waals surface area contributed by atoms with Gasteiger partial charge in [-0.25, -0.2) is 0 Å². The number of methoxy groups -OCH3 is 2. The van der Waals surface area contributed by atoms with Crippen molar-refractivity contribution < 1.29 is 28.7 Å². The summed E-state index contributed by atoms with van der Waals surface area (Å²) in [4.78, 5) is 37.9. The van der Waals surface area contributed by atoms with Gasteiger partial charge < -0.3 is 24.4 Å². The maximum atomic E-state index is 13.1. The number of ether oxygens (including phenoxy) is 3. The molecule has 2 aromatic carbocycles. The van der Waals surface area contributed by atoms with Crippen LogP contribution >= 0.6 is 0 Å². The largest absolute Gasteiger partial charge is 0.497 e. The highest BCUT2D eigenvalue weighted by atomic mass is 16.6. The molecule has 2 aromatic rings. The predicted octanol–water partition coefficient (Wildman–Crippen LogP) is 3.32. The first-order chi connectivity index (χ1) is 15.9. The molecule has 0 spiro atoms. The molecule has 2 amide bonds. The number of carbonyl (C=O) groups is 2. The quantitative estimate of drug-likeness (QED) is 0.415. The second kappa shape index (κ2) is 11.4. The third-order valence-corrected chi connectivity index (χ3v) is 4.89. The molecule has 0 fully saturated rings. The van der Waals surface area contributed by atoms with Gasteiger partial charge in [-0.2, -0.15) is 0 Å². The fourth-order valence-electron chi connectivity index (χ4n) is 3.11. The van der Waals surface area contributed by atoms with E-state index in [9.17, 15) is 19.7 Å². The third kappa shape index (κ3) is 7.36. The van der Waals surface area contributed by atoms with Crippen molar-refractivity contribution in [1.82, 2.24) is 10.2 Å². The number of nitro benzene ring substituents is 1. The molecule has 1 N–H and O–H groups in total. The van der Waals surface area contributed by atoms with E-state index in [1.807, 2.05) is 32.9 Å². The number of nitro groups is 1. The summed E-state index contributed by atoms with van der Waals surface area (Å²) >= 11 is 0. The van der Waals surface area contributed by atoms with Gasteiger partial charge in [-0.3, -0.25) is 19.7 Å². The highest BCUT2D eigenvalue weighted by Gasteiger charge is 2.29. The highest BCUT2D eigenvalue weighted by molar-refractivity contribution is 5.88. The van der Waals surface area contributed by atoms with Crippen molar-refractivity contribution in [3.8, 4) is 17.2 Å². The van der Waals surface area contributed by atoms with Crippen LogP contribution in [0.3, 0.4) is 0 Å². The number of amides is 2. The minimum absolute atomic E-state index is 0.0166. The molecule has 184 valence electrons. The van der Waals surface area contributed by atoms with Crippen molar-refractivity contribution in [2.24, 2.45) is 0 Å². The lowest BCUT2D eigenvalue weighted by molar-refractivity contribution is -0.385. The molecule has 0 radical (unpaired) electrons. The first kappa shape index (κ1) is 26.4. The summed E-state index contributed by atoms with van der Waals surface area (Å²) in [7, 11) is 2.87. The van der Waals surface area contributed by atoms with E-state index < -0.39 is 22.4 Å². The van der Waals surface area contributed by atoms with Gasteiger partial charge in [-0.15, -0.1) is 0 Å². The van der Waals surface area contributed by atoms with Crippen LogP contribution in [0.2, 0.25) is 0 Å². The summed E-state index contributed by atoms with van der Waals surface area (Å²) in [5.41, 5.74) is 0.128. The minimum Gasteiger partial charge on any atom is -0.497 e. The summed E-state index contributed by atoms with van der Waals surface area (Å²) in [5, 5.41) is 14.0. The predicted molar refractivity (Wildman–Crippen MR) is 126 cm³/mol. The molecular formula is C24H31N3O7. The van der Waals surface area contributed by atoms with Crippen LogP contribution in [0.25, 0.3) is 0 Å². The van der Waals surface area contributed by atoms with Crippen LogP contribution in [0.4, 0.5) is 5.69 Å². The van der Waals surface area contributed by atoms with Crippen molar-refractivity contribution in [3.05, 3.63) is 58.1 Å². The Bertz CT molecular complexity index is 1020. The van der Waals surface area contributed by atoms with E-state index in [1.54, 1.807) is 26.2 Å². The van der Waals surface area contributed by atoms with Gasteiger partial charge in [0, 0.05) is 24.2 Å². The fourth-order valence-corrected chi connectivity index (χ4v) is 3.11. The summed E-state index contributed by atoms with van der Waals surface area (Å²) < 4.78 is 15.8. The zero-order valence-corrected chi connectivity index (χ0v) is 20.3. The molecule has 34 heavy (non-hydrogen) atoms. The summed E-state index contributed by atoms with van der Waals surface area (Å²) in [6.45, 7) is 7.03. The van der Waals surface area contributed by atoms with Crippen molar-refractivity contribution in [2.45, 2.75) is 45.8 Å². The molecule has 0 aromatic heterocycles. The Balaban J connectivity index is 2.21. The van der Waals surface area contributed by atoms with E-state index in [0.29, 0.717) is 5.75 Å². The van der Waals surface area contributed by atoms with Crippen LogP contribution in [0, 0.1) is 10.1 Å². The average molecular weight is 474 g/mol. The zero-order chi connectivity index (χ0) is 25.5. The Kier molecular flexibility index (Phi) is 8.83. The van der Waals surface area contributed by atoms with E-state index in [4.69, 9.17) is 14.2 Å². The van der Waals surface area contributed by atoms with E-state index in [2.05, 4.69) is 5.32 Å².